The second kappa shape index (κ2) is 9.91. The summed E-state index contributed by atoms with van der Waals surface area (Å²) in [7, 11) is -3.03. The van der Waals surface area contributed by atoms with E-state index in [1.165, 1.54) is 6.42 Å². The number of nitrogens with zero attached hydrogens (tertiary/aromatic N) is 3. The molecule has 0 N–H and O–H groups in total. The molecular weight excluding hydrogens is 426 g/mol. The van der Waals surface area contributed by atoms with Gasteiger partial charge in [-0.15, -0.1) is 0 Å². The number of hydrogen-bond acceptors (Lipinski definition) is 6. The molecule has 1 saturated carbocycles. The molecule has 0 bridgehead atoms. The van der Waals surface area contributed by atoms with Gasteiger partial charge in [0.05, 0.1) is 18.1 Å². The van der Waals surface area contributed by atoms with E-state index in [0.717, 1.165) is 63.1 Å². The molecule has 176 valence electrons. The van der Waals surface area contributed by atoms with Crippen LogP contribution >= 0.6 is 0 Å². The summed E-state index contributed by atoms with van der Waals surface area (Å²) >= 11 is 0. The summed E-state index contributed by atoms with van der Waals surface area (Å²) in [5.74, 6) is 0.491. The lowest BCUT2D eigenvalue weighted by atomic mass is 9.92. The normalized spacial score (nSPS) is 24.4. The van der Waals surface area contributed by atoms with Crippen molar-refractivity contribution in [3.05, 3.63) is 29.8 Å². The van der Waals surface area contributed by atoms with E-state index in [2.05, 4.69) is 9.80 Å². The van der Waals surface area contributed by atoms with Crippen LogP contribution in [0.15, 0.2) is 24.3 Å². The summed E-state index contributed by atoms with van der Waals surface area (Å²) < 4.78 is 24.2. The first-order valence-corrected chi connectivity index (χ1v) is 13.7. The topological polar surface area (TPSA) is 78.0 Å². The Kier molecular flexibility index (Phi) is 7.20. The Bertz CT molecular complexity index is 917. The van der Waals surface area contributed by atoms with Crippen molar-refractivity contribution in [2.75, 3.05) is 49.1 Å². The van der Waals surface area contributed by atoms with Gasteiger partial charge >= 0.3 is 0 Å². The Morgan fingerprint density at radius 1 is 0.938 bits per heavy atom. The minimum atomic E-state index is -3.03. The molecule has 2 aliphatic heterocycles. The maximum absolute atomic E-state index is 13.4. The highest BCUT2D eigenvalue weighted by Crippen LogP contribution is 2.29. The third-order valence-electron chi connectivity index (χ3n) is 7.23. The van der Waals surface area contributed by atoms with Gasteiger partial charge in [-0.2, -0.15) is 0 Å². The molecule has 0 spiro atoms. The lowest BCUT2D eigenvalue weighted by Crippen LogP contribution is -2.54. The Labute approximate surface area is 191 Å². The summed E-state index contributed by atoms with van der Waals surface area (Å²) in [4.78, 5) is 31.3. The maximum atomic E-state index is 13.4. The minimum absolute atomic E-state index is 0.0671. The van der Waals surface area contributed by atoms with Crippen LogP contribution in [0.25, 0.3) is 0 Å². The molecular formula is C24H35N3O4S. The van der Waals surface area contributed by atoms with E-state index in [4.69, 9.17) is 0 Å². The number of amides is 1. The Morgan fingerprint density at radius 3 is 2.16 bits per heavy atom. The highest BCUT2D eigenvalue weighted by Gasteiger charge is 2.39. The van der Waals surface area contributed by atoms with Crippen LogP contribution in [0, 0.1) is 0 Å². The highest BCUT2D eigenvalue weighted by atomic mass is 32.2. The van der Waals surface area contributed by atoms with E-state index in [9.17, 15) is 18.0 Å². The smallest absolute Gasteiger partial charge is 0.237 e. The van der Waals surface area contributed by atoms with Gasteiger partial charge < -0.3 is 9.80 Å². The zero-order valence-corrected chi connectivity index (χ0v) is 19.9. The molecule has 32 heavy (non-hydrogen) atoms. The zero-order valence-electron chi connectivity index (χ0n) is 19.0. The van der Waals surface area contributed by atoms with Crippen LogP contribution in [-0.2, 0) is 14.6 Å². The molecule has 1 unspecified atom stereocenters. The van der Waals surface area contributed by atoms with Gasteiger partial charge in [-0.3, -0.25) is 14.5 Å². The van der Waals surface area contributed by atoms with E-state index in [-0.39, 0.29) is 35.3 Å². The number of carbonyl (C=O) groups excluding carboxylic acids is 2. The fourth-order valence-corrected chi connectivity index (χ4v) is 7.11. The first-order valence-electron chi connectivity index (χ1n) is 11.9. The van der Waals surface area contributed by atoms with Crippen LogP contribution in [0.5, 0.6) is 0 Å². The van der Waals surface area contributed by atoms with Crippen molar-refractivity contribution in [1.82, 2.24) is 9.80 Å². The quantitative estimate of drug-likeness (QED) is 0.606. The molecule has 8 heteroatoms. The predicted molar refractivity (Wildman–Crippen MR) is 126 cm³/mol. The zero-order chi connectivity index (χ0) is 22.7. The van der Waals surface area contributed by atoms with Crippen molar-refractivity contribution < 1.29 is 18.0 Å². The van der Waals surface area contributed by atoms with Crippen LogP contribution in [0.3, 0.4) is 0 Å². The van der Waals surface area contributed by atoms with Gasteiger partial charge in [0.1, 0.15) is 0 Å². The molecule has 7 nitrogen and oxygen atoms in total. The van der Waals surface area contributed by atoms with Gasteiger partial charge in [-0.25, -0.2) is 8.42 Å². The molecule has 2 heterocycles. The monoisotopic (exact) mass is 461 g/mol. The van der Waals surface area contributed by atoms with Gasteiger partial charge in [0.15, 0.2) is 15.6 Å². The summed E-state index contributed by atoms with van der Waals surface area (Å²) in [5, 5.41) is 0. The van der Waals surface area contributed by atoms with Crippen molar-refractivity contribution in [3.8, 4) is 0 Å². The van der Waals surface area contributed by atoms with E-state index < -0.39 is 9.84 Å². The fraction of sp³-hybridized carbons (Fsp3) is 0.667. The molecule has 1 amide bonds. The van der Waals surface area contributed by atoms with Crippen LogP contribution in [0.4, 0.5) is 5.69 Å². The number of benzene rings is 1. The van der Waals surface area contributed by atoms with Gasteiger partial charge in [0.2, 0.25) is 5.91 Å². The standard InChI is InChI=1S/C24H35N3O4S/c1-19(28)20-7-9-21(10-8-20)26-14-12-25(13-15-26)17-24(29)27(22-5-3-2-4-6-22)23-11-16-32(30,31)18-23/h7-10,22-23H,2-6,11-18H2,1H3. The summed E-state index contributed by atoms with van der Waals surface area (Å²) in [6.45, 7) is 5.18. The molecule has 4 rings (SSSR count). The number of sulfone groups is 1. The van der Waals surface area contributed by atoms with Crippen molar-refractivity contribution in [3.63, 3.8) is 0 Å². The number of rotatable bonds is 6. The predicted octanol–water partition coefficient (Wildman–Crippen LogP) is 2.36. The van der Waals surface area contributed by atoms with Gasteiger partial charge in [0.25, 0.3) is 0 Å². The molecule has 1 atom stereocenters. The van der Waals surface area contributed by atoms with E-state index in [1.807, 2.05) is 29.2 Å². The average Bonchev–Trinajstić information content (AvgIpc) is 3.14. The second-order valence-corrected chi connectivity index (χ2v) is 11.7. The number of piperazine rings is 1. The first-order chi connectivity index (χ1) is 15.3. The Hall–Kier alpha value is -1.93. The number of hydrogen-bond donors (Lipinski definition) is 0. The number of ketones is 1. The number of carbonyl (C=O) groups is 2. The Balaban J connectivity index is 1.36. The molecule has 1 aromatic carbocycles. The van der Waals surface area contributed by atoms with Crippen LogP contribution < -0.4 is 4.90 Å². The molecule has 2 saturated heterocycles. The molecule has 3 aliphatic rings. The SMILES string of the molecule is CC(=O)c1ccc(N2CCN(CC(=O)N(C3CCCCC3)C3CCS(=O)(=O)C3)CC2)cc1. The lowest BCUT2D eigenvalue weighted by Gasteiger charge is -2.41. The number of anilines is 1. The van der Waals surface area contributed by atoms with Crippen LogP contribution in [0.2, 0.25) is 0 Å². The lowest BCUT2D eigenvalue weighted by molar-refractivity contribution is -0.137. The van der Waals surface area contributed by atoms with E-state index in [0.29, 0.717) is 13.0 Å². The second-order valence-electron chi connectivity index (χ2n) is 9.52. The van der Waals surface area contributed by atoms with Crippen molar-refractivity contribution in [2.45, 2.75) is 57.5 Å². The largest absolute Gasteiger partial charge is 0.369 e. The van der Waals surface area contributed by atoms with Gasteiger partial charge in [-0.05, 0) is 50.5 Å². The van der Waals surface area contributed by atoms with Crippen molar-refractivity contribution in [1.29, 1.82) is 0 Å². The highest BCUT2D eigenvalue weighted by molar-refractivity contribution is 7.91. The molecule has 0 radical (unpaired) electrons. The van der Waals surface area contributed by atoms with Crippen molar-refractivity contribution >= 4 is 27.2 Å². The van der Waals surface area contributed by atoms with Gasteiger partial charge in [0, 0.05) is 49.5 Å². The minimum Gasteiger partial charge on any atom is -0.369 e. The number of Topliss-reactive ketones (excluding diaryl/α,β-unsaturated/α-hetero) is 1. The van der Waals surface area contributed by atoms with Crippen LogP contribution in [0.1, 0.15) is 55.8 Å². The maximum Gasteiger partial charge on any atom is 0.237 e. The molecule has 0 aromatic heterocycles. The molecule has 1 aliphatic carbocycles. The van der Waals surface area contributed by atoms with E-state index >= 15 is 0 Å². The fourth-order valence-electron chi connectivity index (χ4n) is 5.40. The summed E-state index contributed by atoms with van der Waals surface area (Å²) in [6.07, 6.45) is 6.01. The van der Waals surface area contributed by atoms with Gasteiger partial charge in [-0.1, -0.05) is 19.3 Å². The third-order valence-corrected chi connectivity index (χ3v) is 8.98. The summed E-state index contributed by atoms with van der Waals surface area (Å²) in [5.41, 5.74) is 1.82. The third kappa shape index (κ3) is 5.52. The average molecular weight is 462 g/mol. The van der Waals surface area contributed by atoms with Crippen molar-refractivity contribution in [2.24, 2.45) is 0 Å². The summed E-state index contributed by atoms with van der Waals surface area (Å²) in [6, 6.07) is 7.75. The first kappa shape index (κ1) is 23.2. The molecule has 1 aromatic rings. The Morgan fingerprint density at radius 2 is 1.59 bits per heavy atom. The molecule has 3 fully saturated rings. The van der Waals surface area contributed by atoms with Crippen LogP contribution in [-0.4, -0.2) is 86.2 Å². The van der Waals surface area contributed by atoms with E-state index in [1.54, 1.807) is 6.92 Å².